The van der Waals surface area contributed by atoms with E-state index in [1.807, 2.05) is 0 Å². The molecule has 0 bridgehead atoms. The number of anilines is 1. The maximum Gasteiger partial charge on any atom is 0.278 e. The second kappa shape index (κ2) is 8.31. The van der Waals surface area contributed by atoms with Gasteiger partial charge in [0.25, 0.3) is 5.91 Å². The Morgan fingerprint density at radius 2 is 2.17 bits per heavy atom. The van der Waals surface area contributed by atoms with E-state index in [0.29, 0.717) is 24.0 Å². The third-order valence-electron chi connectivity index (χ3n) is 5.05. The molecule has 1 saturated heterocycles. The average molecular weight is 451 g/mol. The normalized spacial score (nSPS) is 18.8. The van der Waals surface area contributed by atoms with Gasteiger partial charge in [-0.2, -0.15) is 0 Å². The highest BCUT2D eigenvalue weighted by Gasteiger charge is 2.33. The van der Waals surface area contributed by atoms with Crippen LogP contribution >= 0.6 is 11.3 Å². The molecule has 1 N–H and O–H groups in total. The summed E-state index contributed by atoms with van der Waals surface area (Å²) in [6.07, 6.45) is 4.24. The van der Waals surface area contributed by atoms with E-state index in [9.17, 15) is 18.0 Å². The monoisotopic (exact) mass is 450 g/mol. The first-order chi connectivity index (χ1) is 14.3. The number of carbonyl (C=O) groups is 2. The van der Waals surface area contributed by atoms with Crippen LogP contribution in [0.4, 0.5) is 5.69 Å². The van der Waals surface area contributed by atoms with E-state index in [2.05, 4.69) is 15.3 Å². The smallest absolute Gasteiger partial charge is 0.278 e. The maximum absolute atomic E-state index is 12.9. The van der Waals surface area contributed by atoms with Crippen molar-refractivity contribution >= 4 is 38.9 Å². The van der Waals surface area contributed by atoms with Gasteiger partial charge in [0.1, 0.15) is 5.01 Å². The van der Waals surface area contributed by atoms with Gasteiger partial charge >= 0.3 is 0 Å². The second-order valence-corrected chi connectivity index (χ2v) is 10.4. The molecule has 1 aliphatic carbocycles. The number of thiazole rings is 1. The fourth-order valence-electron chi connectivity index (χ4n) is 3.12. The lowest BCUT2D eigenvalue weighted by atomic mass is 10.1. The number of amides is 2. The molecule has 1 aliphatic heterocycles. The van der Waals surface area contributed by atoms with Crippen molar-refractivity contribution in [1.29, 1.82) is 0 Å². The molecule has 1 saturated carbocycles. The van der Waals surface area contributed by atoms with Crippen molar-refractivity contribution < 1.29 is 22.7 Å². The van der Waals surface area contributed by atoms with Gasteiger partial charge in [0.15, 0.2) is 5.69 Å². The van der Waals surface area contributed by atoms with Crippen molar-refractivity contribution in [2.75, 3.05) is 23.2 Å². The number of rotatable bonds is 7. The Morgan fingerprint density at radius 1 is 1.37 bits per heavy atom. The van der Waals surface area contributed by atoms with Gasteiger partial charge in [0, 0.05) is 24.2 Å². The first-order valence-corrected chi connectivity index (χ1v) is 12.2. The SMILES string of the molecule is CC(C(=O)NC(=O)c1nc(OCC2CC2)ccc1N1CCCS1(=O)=O)c1nccs1. The molecule has 2 fully saturated rings. The summed E-state index contributed by atoms with van der Waals surface area (Å²) in [6.45, 7) is 2.40. The number of hydrogen-bond acceptors (Lipinski definition) is 8. The molecule has 0 spiro atoms. The number of aromatic nitrogens is 2. The topological polar surface area (TPSA) is 119 Å². The van der Waals surface area contributed by atoms with Crippen molar-refractivity contribution in [3.63, 3.8) is 0 Å². The maximum atomic E-state index is 12.9. The van der Waals surface area contributed by atoms with E-state index in [0.717, 1.165) is 12.8 Å². The van der Waals surface area contributed by atoms with Gasteiger partial charge in [-0.1, -0.05) is 0 Å². The molecular formula is C19H22N4O5S2. The first-order valence-electron chi connectivity index (χ1n) is 9.74. The van der Waals surface area contributed by atoms with Gasteiger partial charge in [-0.05, 0) is 38.2 Å². The van der Waals surface area contributed by atoms with Crippen molar-refractivity contribution in [2.24, 2.45) is 5.92 Å². The van der Waals surface area contributed by atoms with Crippen LogP contribution in [0.1, 0.15) is 47.6 Å². The minimum absolute atomic E-state index is 0.00794. The lowest BCUT2D eigenvalue weighted by Gasteiger charge is -2.20. The van der Waals surface area contributed by atoms with Crippen molar-refractivity contribution in [1.82, 2.24) is 15.3 Å². The Labute approximate surface area is 178 Å². The molecule has 4 rings (SSSR count). The number of hydrogen-bond donors (Lipinski definition) is 1. The molecule has 30 heavy (non-hydrogen) atoms. The highest BCUT2D eigenvalue weighted by molar-refractivity contribution is 7.93. The van der Waals surface area contributed by atoms with Crippen LogP contribution in [0.5, 0.6) is 5.88 Å². The van der Waals surface area contributed by atoms with Gasteiger partial charge in [-0.25, -0.2) is 18.4 Å². The molecule has 2 aromatic heterocycles. The average Bonchev–Trinajstić information content (AvgIpc) is 3.25. The molecule has 3 heterocycles. The van der Waals surface area contributed by atoms with Gasteiger partial charge in [-0.3, -0.25) is 19.2 Å². The van der Waals surface area contributed by atoms with E-state index in [1.165, 1.54) is 21.7 Å². The minimum Gasteiger partial charge on any atom is -0.477 e. The predicted molar refractivity (Wildman–Crippen MR) is 111 cm³/mol. The van der Waals surface area contributed by atoms with Gasteiger partial charge in [-0.15, -0.1) is 11.3 Å². The third-order valence-corrected chi connectivity index (χ3v) is 7.86. The molecule has 1 atom stereocenters. The number of nitrogens with zero attached hydrogens (tertiary/aromatic N) is 3. The van der Waals surface area contributed by atoms with Crippen LogP contribution in [0.15, 0.2) is 23.7 Å². The number of carbonyl (C=O) groups excluding carboxylic acids is 2. The van der Waals surface area contributed by atoms with Crippen LogP contribution in [0.25, 0.3) is 0 Å². The molecule has 2 aliphatic rings. The molecule has 9 nitrogen and oxygen atoms in total. The number of pyridine rings is 1. The summed E-state index contributed by atoms with van der Waals surface area (Å²) >= 11 is 1.32. The zero-order valence-electron chi connectivity index (χ0n) is 16.4. The van der Waals surface area contributed by atoms with E-state index >= 15 is 0 Å². The fourth-order valence-corrected chi connectivity index (χ4v) is 5.38. The molecule has 2 amide bonds. The molecule has 11 heteroatoms. The molecular weight excluding hydrogens is 428 g/mol. The zero-order valence-corrected chi connectivity index (χ0v) is 18.0. The van der Waals surface area contributed by atoms with Gasteiger partial charge in [0.05, 0.1) is 24.0 Å². The first kappa shape index (κ1) is 20.7. The summed E-state index contributed by atoms with van der Waals surface area (Å²) in [4.78, 5) is 33.8. The standard InChI is InChI=1S/C19H22N4O5S2/c1-12(19-20-7-9-29-19)17(24)22-18(25)16-14(23-8-2-10-30(23,26)27)5-6-15(21-16)28-11-13-3-4-13/h5-7,9,12-13H,2-4,8,10-11H2,1H3,(H,22,24,25). The lowest BCUT2D eigenvalue weighted by Crippen LogP contribution is -2.36. The molecule has 2 aromatic rings. The second-order valence-electron chi connectivity index (χ2n) is 7.42. The van der Waals surface area contributed by atoms with Crippen molar-refractivity contribution in [3.05, 3.63) is 34.4 Å². The van der Waals surface area contributed by atoms with E-state index < -0.39 is 27.8 Å². The van der Waals surface area contributed by atoms with Gasteiger partial charge < -0.3 is 4.74 Å². The van der Waals surface area contributed by atoms with E-state index in [4.69, 9.17) is 4.74 Å². The van der Waals surface area contributed by atoms with Crippen LogP contribution in [-0.4, -0.2) is 49.1 Å². The summed E-state index contributed by atoms with van der Waals surface area (Å²) in [6, 6.07) is 3.07. The van der Waals surface area contributed by atoms with Crippen molar-refractivity contribution in [3.8, 4) is 5.88 Å². The summed E-state index contributed by atoms with van der Waals surface area (Å²) in [7, 11) is -3.53. The minimum atomic E-state index is -3.53. The fraction of sp³-hybridized carbons (Fsp3) is 0.474. The summed E-state index contributed by atoms with van der Waals surface area (Å²) in [5.41, 5.74) is 0.00642. The zero-order chi connectivity index (χ0) is 21.3. The van der Waals surface area contributed by atoms with E-state index in [-0.39, 0.29) is 29.6 Å². The summed E-state index contributed by atoms with van der Waals surface area (Å²) < 4.78 is 31.6. The van der Waals surface area contributed by atoms with Crippen molar-refractivity contribution in [2.45, 2.75) is 32.1 Å². The largest absolute Gasteiger partial charge is 0.477 e. The van der Waals surface area contributed by atoms with Gasteiger partial charge in [0.2, 0.25) is 21.8 Å². The Kier molecular flexibility index (Phi) is 5.74. The third kappa shape index (κ3) is 4.46. The molecule has 0 radical (unpaired) electrons. The highest BCUT2D eigenvalue weighted by Crippen LogP contribution is 2.31. The number of sulfonamides is 1. The number of ether oxygens (including phenoxy) is 1. The Morgan fingerprint density at radius 3 is 2.80 bits per heavy atom. The van der Waals surface area contributed by atoms with Crippen LogP contribution in [0.2, 0.25) is 0 Å². The Balaban J connectivity index is 1.59. The van der Waals surface area contributed by atoms with E-state index in [1.54, 1.807) is 24.6 Å². The predicted octanol–water partition coefficient (Wildman–Crippen LogP) is 1.93. The molecule has 1 unspecified atom stereocenters. The number of nitrogens with one attached hydrogen (secondary N) is 1. The Hall–Kier alpha value is -2.53. The van der Waals surface area contributed by atoms with Crippen LogP contribution in [0.3, 0.4) is 0 Å². The summed E-state index contributed by atoms with van der Waals surface area (Å²) in [5.74, 6) is -1.19. The Bertz CT molecular complexity index is 1050. The summed E-state index contributed by atoms with van der Waals surface area (Å²) in [5, 5.41) is 4.66. The number of imide groups is 1. The van der Waals surface area contributed by atoms with Crippen LogP contribution < -0.4 is 14.4 Å². The molecule has 160 valence electrons. The quantitative estimate of drug-likeness (QED) is 0.685. The van der Waals surface area contributed by atoms with Crippen LogP contribution in [-0.2, 0) is 14.8 Å². The molecule has 0 aromatic carbocycles. The van der Waals surface area contributed by atoms with Crippen LogP contribution in [0, 0.1) is 5.92 Å². The highest BCUT2D eigenvalue weighted by atomic mass is 32.2. The lowest BCUT2D eigenvalue weighted by molar-refractivity contribution is -0.121.